The van der Waals surface area contributed by atoms with Crippen molar-refractivity contribution in [1.29, 1.82) is 0 Å². The first kappa shape index (κ1) is 17.0. The number of benzene rings is 1. The molecule has 1 aromatic carbocycles. The van der Waals surface area contributed by atoms with Crippen molar-refractivity contribution in [3.8, 4) is 5.75 Å². The third kappa shape index (κ3) is 4.11. The molecule has 0 spiro atoms. The summed E-state index contributed by atoms with van der Waals surface area (Å²) in [6.45, 7) is 0.369. The highest BCUT2D eigenvalue weighted by atomic mass is 32.2. The summed E-state index contributed by atoms with van der Waals surface area (Å²) in [5, 5.41) is 2.38. The molecule has 1 aromatic heterocycles. The highest BCUT2D eigenvalue weighted by Crippen LogP contribution is 2.17. The van der Waals surface area contributed by atoms with E-state index in [-0.39, 0.29) is 10.9 Å². The number of ether oxygens (including phenoxy) is 1. The van der Waals surface area contributed by atoms with E-state index < -0.39 is 15.9 Å². The molecule has 8 heteroatoms. The van der Waals surface area contributed by atoms with Gasteiger partial charge in [0, 0.05) is 6.54 Å². The normalized spacial score (nSPS) is 11.2. The predicted molar refractivity (Wildman–Crippen MR) is 84.0 cm³/mol. The number of hydrogen-bond acceptors (Lipinski definition) is 5. The molecular weight excluding hydrogens is 320 g/mol. The highest BCUT2D eigenvalue weighted by Gasteiger charge is 2.19. The van der Waals surface area contributed by atoms with Crippen LogP contribution < -0.4 is 14.8 Å². The van der Waals surface area contributed by atoms with Gasteiger partial charge in [0.2, 0.25) is 5.09 Å². The number of nitrogens with one attached hydrogen (secondary N) is 2. The lowest BCUT2D eigenvalue weighted by atomic mass is 10.1. The predicted octanol–water partition coefficient (Wildman–Crippen LogP) is 1.17. The maximum Gasteiger partial charge on any atom is 0.287 e. The van der Waals surface area contributed by atoms with Gasteiger partial charge in [0.25, 0.3) is 15.9 Å². The Hall–Kier alpha value is -2.32. The number of furan rings is 1. The van der Waals surface area contributed by atoms with Crippen molar-refractivity contribution in [3.63, 3.8) is 0 Å². The summed E-state index contributed by atoms with van der Waals surface area (Å²) in [6.07, 6.45) is 0.581. The van der Waals surface area contributed by atoms with Gasteiger partial charge in [-0.1, -0.05) is 18.2 Å². The molecule has 0 saturated heterocycles. The minimum absolute atomic E-state index is 0.0566. The first-order valence-corrected chi connectivity index (χ1v) is 8.39. The zero-order valence-corrected chi connectivity index (χ0v) is 13.6. The standard InChI is InChI=1S/C15H18N2O5S/c1-16-23(19,20)14-8-7-13(22-14)15(18)17-10-9-11-5-3-4-6-12(11)21-2/h3-8,16H,9-10H2,1-2H3,(H,17,18). The average Bonchev–Trinajstić information content (AvgIpc) is 3.06. The van der Waals surface area contributed by atoms with Crippen LogP contribution in [0.25, 0.3) is 0 Å². The van der Waals surface area contributed by atoms with E-state index in [0.29, 0.717) is 13.0 Å². The van der Waals surface area contributed by atoms with Crippen LogP contribution in [-0.2, 0) is 16.4 Å². The van der Waals surface area contributed by atoms with Gasteiger partial charge in [0.15, 0.2) is 5.76 Å². The molecule has 7 nitrogen and oxygen atoms in total. The number of carbonyl (C=O) groups excluding carboxylic acids is 1. The van der Waals surface area contributed by atoms with Gasteiger partial charge in [-0.25, -0.2) is 13.1 Å². The smallest absolute Gasteiger partial charge is 0.287 e. The second-order valence-electron chi connectivity index (χ2n) is 4.64. The quantitative estimate of drug-likeness (QED) is 0.790. The molecule has 0 aliphatic rings. The van der Waals surface area contributed by atoms with E-state index in [9.17, 15) is 13.2 Å². The van der Waals surface area contributed by atoms with Crippen molar-refractivity contribution in [2.24, 2.45) is 0 Å². The lowest BCUT2D eigenvalue weighted by molar-refractivity contribution is 0.0921. The SMILES string of the molecule is CNS(=O)(=O)c1ccc(C(=O)NCCc2ccccc2OC)o1. The van der Waals surface area contributed by atoms with Crippen LogP contribution >= 0.6 is 0 Å². The first-order chi connectivity index (χ1) is 11.0. The molecule has 2 rings (SSSR count). The highest BCUT2D eigenvalue weighted by molar-refractivity contribution is 7.89. The van der Waals surface area contributed by atoms with E-state index in [4.69, 9.17) is 9.15 Å². The summed E-state index contributed by atoms with van der Waals surface area (Å²) in [6, 6.07) is 10.1. The summed E-state index contributed by atoms with van der Waals surface area (Å²) in [5.74, 6) is 0.221. The Kier molecular flexibility index (Phi) is 5.41. The van der Waals surface area contributed by atoms with Crippen LogP contribution in [0.15, 0.2) is 45.9 Å². The summed E-state index contributed by atoms with van der Waals surface area (Å²) < 4.78 is 35.5. The van der Waals surface area contributed by atoms with Crippen LogP contribution in [0.5, 0.6) is 5.75 Å². The minimum atomic E-state index is -3.70. The minimum Gasteiger partial charge on any atom is -0.496 e. The zero-order valence-electron chi connectivity index (χ0n) is 12.8. The number of sulfonamides is 1. The maximum atomic E-state index is 12.0. The van der Waals surface area contributed by atoms with Crippen molar-refractivity contribution in [1.82, 2.24) is 10.0 Å². The van der Waals surface area contributed by atoms with Crippen molar-refractivity contribution < 1.29 is 22.4 Å². The van der Waals surface area contributed by atoms with Crippen molar-refractivity contribution in [2.75, 3.05) is 20.7 Å². The van der Waals surface area contributed by atoms with E-state index in [0.717, 1.165) is 11.3 Å². The van der Waals surface area contributed by atoms with Gasteiger partial charge in [-0.2, -0.15) is 0 Å². The fourth-order valence-corrected chi connectivity index (χ4v) is 2.64. The molecule has 0 radical (unpaired) electrons. The lowest BCUT2D eigenvalue weighted by Gasteiger charge is -2.08. The molecule has 1 amide bonds. The van der Waals surface area contributed by atoms with Gasteiger partial charge >= 0.3 is 0 Å². The molecule has 0 unspecified atom stereocenters. The third-order valence-corrected chi connectivity index (χ3v) is 4.50. The van der Waals surface area contributed by atoms with Crippen molar-refractivity contribution in [3.05, 3.63) is 47.7 Å². The fraction of sp³-hybridized carbons (Fsp3) is 0.267. The molecule has 23 heavy (non-hydrogen) atoms. The number of hydrogen-bond donors (Lipinski definition) is 2. The lowest BCUT2D eigenvalue weighted by Crippen LogP contribution is -2.25. The molecular formula is C15H18N2O5S. The maximum absolute atomic E-state index is 12.0. The van der Waals surface area contributed by atoms with Crippen molar-refractivity contribution in [2.45, 2.75) is 11.5 Å². The van der Waals surface area contributed by atoms with E-state index >= 15 is 0 Å². The van der Waals surface area contributed by atoms with Crippen LogP contribution in [0.2, 0.25) is 0 Å². The molecule has 0 aliphatic carbocycles. The number of para-hydroxylation sites is 1. The van der Waals surface area contributed by atoms with Gasteiger partial charge < -0.3 is 14.5 Å². The van der Waals surface area contributed by atoms with Gasteiger partial charge in [0.1, 0.15) is 5.75 Å². The topological polar surface area (TPSA) is 97.6 Å². The van der Waals surface area contributed by atoms with E-state index in [1.165, 1.54) is 19.2 Å². The Morgan fingerprint density at radius 1 is 1.22 bits per heavy atom. The molecule has 2 aromatic rings. The fourth-order valence-electron chi connectivity index (χ4n) is 1.99. The van der Waals surface area contributed by atoms with Crippen LogP contribution in [0, 0.1) is 0 Å². The number of amides is 1. The van der Waals surface area contributed by atoms with Gasteiger partial charge in [0.05, 0.1) is 7.11 Å². The van der Waals surface area contributed by atoms with Crippen LogP contribution in [0.3, 0.4) is 0 Å². The molecule has 0 aliphatic heterocycles. The van der Waals surface area contributed by atoms with E-state index in [1.54, 1.807) is 7.11 Å². The van der Waals surface area contributed by atoms with Crippen molar-refractivity contribution >= 4 is 15.9 Å². The number of methoxy groups -OCH3 is 1. The number of carbonyl (C=O) groups is 1. The van der Waals surface area contributed by atoms with E-state index in [2.05, 4.69) is 10.0 Å². The molecule has 0 bridgehead atoms. The average molecular weight is 338 g/mol. The molecule has 0 saturated carbocycles. The van der Waals surface area contributed by atoms with E-state index in [1.807, 2.05) is 24.3 Å². The molecule has 0 atom stereocenters. The van der Waals surface area contributed by atoms with Crippen LogP contribution in [0.1, 0.15) is 16.1 Å². The monoisotopic (exact) mass is 338 g/mol. The van der Waals surface area contributed by atoms with Gasteiger partial charge in [-0.15, -0.1) is 0 Å². The summed E-state index contributed by atoms with van der Waals surface area (Å²) in [7, 11) is -0.841. The van der Waals surface area contributed by atoms with Gasteiger partial charge in [-0.3, -0.25) is 4.79 Å². The Labute approximate surface area is 134 Å². The van der Waals surface area contributed by atoms with Gasteiger partial charge in [-0.05, 0) is 37.2 Å². The summed E-state index contributed by atoms with van der Waals surface area (Å²) >= 11 is 0. The Morgan fingerprint density at radius 2 is 1.96 bits per heavy atom. The second-order valence-corrected chi connectivity index (χ2v) is 6.46. The summed E-state index contributed by atoms with van der Waals surface area (Å²) in [4.78, 5) is 12.0. The molecule has 0 fully saturated rings. The molecule has 2 N–H and O–H groups in total. The number of rotatable bonds is 7. The van der Waals surface area contributed by atoms with Crippen LogP contribution in [-0.4, -0.2) is 35.0 Å². The third-order valence-electron chi connectivity index (χ3n) is 3.21. The second kappa shape index (κ2) is 7.30. The summed E-state index contributed by atoms with van der Waals surface area (Å²) in [5.41, 5.74) is 0.966. The molecule has 124 valence electrons. The van der Waals surface area contributed by atoms with Crippen LogP contribution in [0.4, 0.5) is 0 Å². The molecule has 1 heterocycles. The largest absolute Gasteiger partial charge is 0.496 e. The Balaban J connectivity index is 1.95. The Bertz CT molecular complexity index is 783. The first-order valence-electron chi connectivity index (χ1n) is 6.91. The zero-order chi connectivity index (χ0) is 16.9. The Morgan fingerprint density at radius 3 is 2.65 bits per heavy atom.